The zero-order chi connectivity index (χ0) is 20.4. The summed E-state index contributed by atoms with van der Waals surface area (Å²) in [6.07, 6.45) is 0. The fraction of sp³-hybridized carbons (Fsp3) is 0.200. The van der Waals surface area contributed by atoms with Gasteiger partial charge in [-0.3, -0.25) is 4.79 Å². The van der Waals surface area contributed by atoms with Crippen molar-refractivity contribution in [2.75, 3.05) is 13.2 Å². The standard InChI is InChI=1S/C20H18N4O5/c1-12-17(19(25)21-18(20(26)27)13-5-3-2-4-6-13)22-23-24(12)14-7-8-15-16(11-14)29-10-9-28-15/h2-8,11,18H,9-10H2,1H3,(H,21,25)(H,26,27)/t18-/m1/s1. The van der Waals surface area contributed by atoms with E-state index in [-0.39, 0.29) is 5.69 Å². The van der Waals surface area contributed by atoms with Gasteiger partial charge in [0.05, 0.1) is 11.4 Å². The van der Waals surface area contributed by atoms with Gasteiger partial charge in [0.15, 0.2) is 23.2 Å². The summed E-state index contributed by atoms with van der Waals surface area (Å²) in [4.78, 5) is 24.3. The molecule has 1 atom stereocenters. The summed E-state index contributed by atoms with van der Waals surface area (Å²) >= 11 is 0. The van der Waals surface area contributed by atoms with E-state index < -0.39 is 17.9 Å². The van der Waals surface area contributed by atoms with E-state index in [1.165, 1.54) is 4.68 Å². The van der Waals surface area contributed by atoms with Crippen LogP contribution in [0.3, 0.4) is 0 Å². The summed E-state index contributed by atoms with van der Waals surface area (Å²) in [6, 6.07) is 12.6. The highest BCUT2D eigenvalue weighted by molar-refractivity contribution is 5.96. The van der Waals surface area contributed by atoms with Crippen molar-refractivity contribution in [1.82, 2.24) is 20.3 Å². The topological polar surface area (TPSA) is 116 Å². The molecule has 9 heteroatoms. The number of nitrogens with zero attached hydrogens (tertiary/aromatic N) is 3. The van der Waals surface area contributed by atoms with Crippen molar-refractivity contribution >= 4 is 11.9 Å². The van der Waals surface area contributed by atoms with E-state index in [0.29, 0.717) is 41.7 Å². The lowest BCUT2D eigenvalue weighted by Gasteiger charge is -2.19. The number of hydrogen-bond acceptors (Lipinski definition) is 6. The second-order valence-electron chi connectivity index (χ2n) is 6.42. The number of carbonyl (C=O) groups is 2. The molecule has 0 radical (unpaired) electrons. The minimum absolute atomic E-state index is 0.0436. The number of carboxylic acid groups (broad SMARTS) is 1. The zero-order valence-electron chi connectivity index (χ0n) is 15.5. The third kappa shape index (κ3) is 3.62. The lowest BCUT2D eigenvalue weighted by Crippen LogP contribution is -2.34. The summed E-state index contributed by atoms with van der Waals surface area (Å²) in [7, 11) is 0. The number of ether oxygens (including phenoxy) is 2. The lowest BCUT2D eigenvalue weighted by molar-refractivity contribution is -0.139. The molecule has 9 nitrogen and oxygen atoms in total. The smallest absolute Gasteiger partial charge is 0.330 e. The molecule has 1 aliphatic heterocycles. The Hall–Kier alpha value is -3.88. The van der Waals surface area contributed by atoms with Gasteiger partial charge in [0.2, 0.25) is 0 Å². The molecule has 29 heavy (non-hydrogen) atoms. The molecule has 2 aromatic carbocycles. The van der Waals surface area contributed by atoms with Crippen LogP contribution >= 0.6 is 0 Å². The van der Waals surface area contributed by atoms with Crippen LogP contribution in [0.4, 0.5) is 0 Å². The Bertz CT molecular complexity index is 1060. The highest BCUT2D eigenvalue weighted by Crippen LogP contribution is 2.32. The lowest BCUT2D eigenvalue weighted by atomic mass is 10.1. The molecule has 2 N–H and O–H groups in total. The second-order valence-corrected chi connectivity index (χ2v) is 6.42. The van der Waals surface area contributed by atoms with Crippen molar-refractivity contribution in [3.8, 4) is 17.2 Å². The zero-order valence-corrected chi connectivity index (χ0v) is 15.5. The molecule has 0 fully saturated rings. The van der Waals surface area contributed by atoms with Crippen LogP contribution in [-0.4, -0.2) is 45.2 Å². The van der Waals surface area contributed by atoms with E-state index in [2.05, 4.69) is 15.6 Å². The number of nitrogens with one attached hydrogen (secondary N) is 1. The third-order valence-corrected chi connectivity index (χ3v) is 4.54. The number of rotatable bonds is 5. The maximum Gasteiger partial charge on any atom is 0.330 e. The van der Waals surface area contributed by atoms with E-state index in [1.807, 2.05) is 0 Å². The first-order valence-corrected chi connectivity index (χ1v) is 8.95. The van der Waals surface area contributed by atoms with Crippen LogP contribution in [-0.2, 0) is 4.79 Å². The average molecular weight is 394 g/mol. The Labute approximate surface area is 165 Å². The van der Waals surface area contributed by atoms with Gasteiger partial charge >= 0.3 is 5.97 Å². The number of benzene rings is 2. The van der Waals surface area contributed by atoms with Crippen LogP contribution in [0.2, 0.25) is 0 Å². The molecule has 2 heterocycles. The van der Waals surface area contributed by atoms with Crippen molar-refractivity contribution in [3.63, 3.8) is 0 Å². The monoisotopic (exact) mass is 394 g/mol. The van der Waals surface area contributed by atoms with E-state index in [4.69, 9.17) is 9.47 Å². The highest BCUT2D eigenvalue weighted by Gasteiger charge is 2.26. The molecule has 1 aromatic heterocycles. The Morgan fingerprint density at radius 2 is 1.83 bits per heavy atom. The number of aromatic nitrogens is 3. The molecule has 3 aromatic rings. The summed E-state index contributed by atoms with van der Waals surface area (Å²) in [6.45, 7) is 2.63. The normalized spacial score (nSPS) is 13.6. The fourth-order valence-corrected chi connectivity index (χ4v) is 3.08. The third-order valence-electron chi connectivity index (χ3n) is 4.54. The van der Waals surface area contributed by atoms with Crippen LogP contribution in [0, 0.1) is 6.92 Å². The van der Waals surface area contributed by atoms with E-state index in [0.717, 1.165) is 0 Å². The number of hydrogen-bond donors (Lipinski definition) is 2. The Kier molecular flexibility index (Phi) is 4.86. The predicted molar refractivity (Wildman–Crippen MR) is 101 cm³/mol. The summed E-state index contributed by atoms with van der Waals surface area (Å²) in [5.41, 5.74) is 1.62. The maximum atomic E-state index is 12.7. The van der Waals surface area contributed by atoms with Gasteiger partial charge in [-0.25, -0.2) is 9.48 Å². The van der Waals surface area contributed by atoms with Gasteiger partial charge in [-0.2, -0.15) is 0 Å². The number of carbonyl (C=O) groups excluding carboxylic acids is 1. The highest BCUT2D eigenvalue weighted by atomic mass is 16.6. The van der Waals surface area contributed by atoms with E-state index in [9.17, 15) is 14.7 Å². The first-order chi connectivity index (χ1) is 14.0. The Morgan fingerprint density at radius 3 is 2.55 bits per heavy atom. The van der Waals surface area contributed by atoms with Gasteiger partial charge < -0.3 is 19.9 Å². The first-order valence-electron chi connectivity index (χ1n) is 8.95. The van der Waals surface area contributed by atoms with Crippen LogP contribution in [0.25, 0.3) is 5.69 Å². The summed E-state index contributed by atoms with van der Waals surface area (Å²) in [5, 5.41) is 20.0. The van der Waals surface area contributed by atoms with Gasteiger partial charge in [0.25, 0.3) is 5.91 Å². The molecule has 0 saturated heterocycles. The molecule has 0 aliphatic carbocycles. The second kappa shape index (κ2) is 7.63. The molecule has 1 aliphatic rings. The quantitative estimate of drug-likeness (QED) is 0.679. The van der Waals surface area contributed by atoms with Crippen molar-refractivity contribution in [2.45, 2.75) is 13.0 Å². The van der Waals surface area contributed by atoms with Gasteiger partial charge in [-0.15, -0.1) is 5.10 Å². The Balaban J connectivity index is 1.59. The SMILES string of the molecule is Cc1c(C(=O)N[C@@H](C(=O)O)c2ccccc2)nnn1-c1ccc2c(c1)OCCO2. The molecule has 0 spiro atoms. The van der Waals surface area contributed by atoms with Crippen LogP contribution in [0.1, 0.15) is 27.8 Å². The fourth-order valence-electron chi connectivity index (χ4n) is 3.08. The van der Waals surface area contributed by atoms with Gasteiger partial charge in [0.1, 0.15) is 13.2 Å². The first kappa shape index (κ1) is 18.5. The minimum atomic E-state index is -1.19. The molecule has 0 unspecified atom stereocenters. The van der Waals surface area contributed by atoms with Crippen LogP contribution in [0.5, 0.6) is 11.5 Å². The predicted octanol–water partition coefficient (Wildman–Crippen LogP) is 1.90. The molecule has 148 valence electrons. The van der Waals surface area contributed by atoms with Crippen molar-refractivity contribution in [1.29, 1.82) is 0 Å². The molecule has 0 bridgehead atoms. The van der Waals surface area contributed by atoms with Gasteiger partial charge in [0, 0.05) is 6.07 Å². The van der Waals surface area contributed by atoms with Crippen molar-refractivity contribution < 1.29 is 24.2 Å². The molecule has 1 amide bonds. The summed E-state index contributed by atoms with van der Waals surface area (Å²) in [5.74, 6) is -0.559. The average Bonchev–Trinajstić information content (AvgIpc) is 3.13. The number of fused-ring (bicyclic) bond motifs is 1. The van der Waals surface area contributed by atoms with Crippen molar-refractivity contribution in [3.05, 3.63) is 65.5 Å². The minimum Gasteiger partial charge on any atom is -0.486 e. The maximum absolute atomic E-state index is 12.7. The van der Waals surface area contributed by atoms with Gasteiger partial charge in [-0.1, -0.05) is 35.5 Å². The number of carboxylic acids is 1. The van der Waals surface area contributed by atoms with E-state index in [1.54, 1.807) is 55.5 Å². The van der Waals surface area contributed by atoms with Crippen LogP contribution in [0.15, 0.2) is 48.5 Å². The molecule has 4 rings (SSSR count). The molecular weight excluding hydrogens is 376 g/mol. The van der Waals surface area contributed by atoms with Crippen LogP contribution < -0.4 is 14.8 Å². The van der Waals surface area contributed by atoms with Crippen molar-refractivity contribution in [2.24, 2.45) is 0 Å². The molecule has 0 saturated carbocycles. The molecular formula is C20H18N4O5. The van der Waals surface area contributed by atoms with E-state index >= 15 is 0 Å². The Morgan fingerprint density at radius 1 is 1.10 bits per heavy atom. The largest absolute Gasteiger partial charge is 0.486 e. The van der Waals surface area contributed by atoms with Gasteiger partial charge in [-0.05, 0) is 24.6 Å². The number of aliphatic carboxylic acids is 1. The summed E-state index contributed by atoms with van der Waals surface area (Å²) < 4.78 is 12.6. The number of amides is 1.